The number of anilines is 1. The Bertz CT molecular complexity index is 445. The lowest BCUT2D eigenvalue weighted by molar-refractivity contribution is 0.462. The van der Waals surface area contributed by atoms with Crippen molar-refractivity contribution in [3.63, 3.8) is 0 Å². The summed E-state index contributed by atoms with van der Waals surface area (Å²) in [6.07, 6.45) is 1.48. The smallest absolute Gasteiger partial charge is 0.224 e. The molecule has 0 spiro atoms. The third-order valence-corrected chi connectivity index (χ3v) is 1.97. The van der Waals surface area contributed by atoms with Gasteiger partial charge < -0.3 is 10.1 Å². The largest absolute Gasteiger partial charge is 0.439 e. The molecule has 1 heterocycles. The summed E-state index contributed by atoms with van der Waals surface area (Å²) in [6.45, 7) is 2.83. The van der Waals surface area contributed by atoms with E-state index in [1.807, 2.05) is 37.3 Å². The molecule has 0 amide bonds. The molecule has 2 rings (SSSR count). The monoisotopic (exact) mass is 215 g/mol. The Labute approximate surface area is 94.3 Å². The molecule has 1 N–H and O–H groups in total. The first-order chi connectivity index (χ1) is 7.88. The van der Waals surface area contributed by atoms with Crippen LogP contribution in [0.25, 0.3) is 0 Å². The molecule has 0 aliphatic rings. The molecule has 4 heteroatoms. The second-order valence-electron chi connectivity index (χ2n) is 3.19. The van der Waals surface area contributed by atoms with E-state index in [1.54, 1.807) is 6.07 Å². The number of ether oxygens (including phenoxy) is 1. The third kappa shape index (κ3) is 2.70. The molecule has 0 aliphatic carbocycles. The predicted molar refractivity (Wildman–Crippen MR) is 62.7 cm³/mol. The first-order valence-electron chi connectivity index (χ1n) is 5.17. The average molecular weight is 215 g/mol. The van der Waals surface area contributed by atoms with Gasteiger partial charge in [-0.3, -0.25) is 0 Å². The van der Waals surface area contributed by atoms with Crippen LogP contribution in [0.3, 0.4) is 0 Å². The van der Waals surface area contributed by atoms with Crippen molar-refractivity contribution in [3.8, 4) is 11.6 Å². The van der Waals surface area contributed by atoms with Crippen molar-refractivity contribution in [1.29, 1.82) is 0 Å². The van der Waals surface area contributed by atoms with Crippen molar-refractivity contribution in [3.05, 3.63) is 42.7 Å². The Balaban J connectivity index is 2.12. The molecule has 0 saturated heterocycles. The molecular formula is C12H13N3O. The number of hydrogen-bond acceptors (Lipinski definition) is 4. The molecule has 0 atom stereocenters. The number of rotatable bonds is 4. The minimum atomic E-state index is 0.539. The summed E-state index contributed by atoms with van der Waals surface area (Å²) in [5.41, 5.74) is 0. The topological polar surface area (TPSA) is 47.0 Å². The fourth-order valence-electron chi connectivity index (χ4n) is 1.28. The van der Waals surface area contributed by atoms with Crippen molar-refractivity contribution in [2.24, 2.45) is 0 Å². The maximum absolute atomic E-state index is 5.57. The second kappa shape index (κ2) is 5.11. The molecule has 1 aromatic heterocycles. The van der Waals surface area contributed by atoms with Gasteiger partial charge in [-0.15, -0.1) is 0 Å². The molecule has 0 bridgehead atoms. The Hall–Kier alpha value is -2.10. The van der Waals surface area contributed by atoms with Crippen LogP contribution in [-0.2, 0) is 0 Å². The van der Waals surface area contributed by atoms with E-state index in [0.29, 0.717) is 5.88 Å². The standard InChI is InChI=1S/C12H13N3O/c1-2-13-11-8-12(15-9-14-11)16-10-6-4-3-5-7-10/h3-9H,2H2,1H3,(H,13,14,15). The second-order valence-corrected chi connectivity index (χ2v) is 3.19. The molecule has 16 heavy (non-hydrogen) atoms. The number of para-hydroxylation sites is 1. The van der Waals surface area contributed by atoms with E-state index in [1.165, 1.54) is 6.33 Å². The van der Waals surface area contributed by atoms with Gasteiger partial charge in [-0.2, -0.15) is 0 Å². The van der Waals surface area contributed by atoms with Crippen molar-refractivity contribution in [2.45, 2.75) is 6.92 Å². The fraction of sp³-hybridized carbons (Fsp3) is 0.167. The zero-order valence-electron chi connectivity index (χ0n) is 9.05. The summed E-state index contributed by atoms with van der Waals surface area (Å²) in [4.78, 5) is 8.11. The van der Waals surface area contributed by atoms with E-state index in [-0.39, 0.29) is 0 Å². The number of hydrogen-bond donors (Lipinski definition) is 1. The first-order valence-corrected chi connectivity index (χ1v) is 5.17. The molecule has 1 aromatic carbocycles. The summed E-state index contributed by atoms with van der Waals surface area (Å²) >= 11 is 0. The van der Waals surface area contributed by atoms with Crippen LogP contribution in [0.15, 0.2) is 42.7 Å². The fourth-order valence-corrected chi connectivity index (χ4v) is 1.28. The van der Waals surface area contributed by atoms with Gasteiger partial charge in [-0.05, 0) is 19.1 Å². The van der Waals surface area contributed by atoms with Gasteiger partial charge in [0, 0.05) is 12.6 Å². The van der Waals surface area contributed by atoms with Crippen LogP contribution < -0.4 is 10.1 Å². The van der Waals surface area contributed by atoms with Gasteiger partial charge in [0.15, 0.2) is 0 Å². The van der Waals surface area contributed by atoms with Crippen molar-refractivity contribution >= 4 is 5.82 Å². The Morgan fingerprint density at radius 2 is 2.00 bits per heavy atom. The maximum atomic E-state index is 5.57. The van der Waals surface area contributed by atoms with E-state index in [0.717, 1.165) is 18.1 Å². The van der Waals surface area contributed by atoms with E-state index < -0.39 is 0 Å². The zero-order chi connectivity index (χ0) is 11.2. The van der Waals surface area contributed by atoms with Gasteiger partial charge in [-0.25, -0.2) is 9.97 Å². The summed E-state index contributed by atoms with van der Waals surface area (Å²) < 4.78 is 5.57. The normalized spacial score (nSPS) is 9.81. The lowest BCUT2D eigenvalue weighted by Crippen LogP contribution is -2.00. The Kier molecular flexibility index (Phi) is 3.33. The third-order valence-electron chi connectivity index (χ3n) is 1.97. The summed E-state index contributed by atoms with van der Waals surface area (Å²) in [6, 6.07) is 11.3. The van der Waals surface area contributed by atoms with Gasteiger partial charge >= 0.3 is 0 Å². The van der Waals surface area contributed by atoms with Crippen LogP contribution >= 0.6 is 0 Å². The van der Waals surface area contributed by atoms with Crippen molar-refractivity contribution < 1.29 is 4.74 Å². The number of benzene rings is 1. The van der Waals surface area contributed by atoms with E-state index in [9.17, 15) is 0 Å². The highest BCUT2D eigenvalue weighted by Crippen LogP contribution is 2.19. The summed E-state index contributed by atoms with van der Waals surface area (Å²) in [5.74, 6) is 2.07. The molecule has 2 aromatic rings. The van der Waals surface area contributed by atoms with Gasteiger partial charge in [0.05, 0.1) is 0 Å². The highest BCUT2D eigenvalue weighted by Gasteiger charge is 1.99. The summed E-state index contributed by atoms with van der Waals surface area (Å²) in [7, 11) is 0. The van der Waals surface area contributed by atoms with Crippen molar-refractivity contribution in [2.75, 3.05) is 11.9 Å². The number of aromatic nitrogens is 2. The van der Waals surface area contributed by atoms with Gasteiger partial charge in [0.2, 0.25) is 5.88 Å². The van der Waals surface area contributed by atoms with Gasteiger partial charge in [-0.1, -0.05) is 18.2 Å². The van der Waals surface area contributed by atoms with E-state index >= 15 is 0 Å². The van der Waals surface area contributed by atoms with Crippen LogP contribution in [-0.4, -0.2) is 16.5 Å². The molecule has 0 radical (unpaired) electrons. The average Bonchev–Trinajstić information content (AvgIpc) is 2.31. The molecular weight excluding hydrogens is 202 g/mol. The molecule has 4 nitrogen and oxygen atoms in total. The minimum Gasteiger partial charge on any atom is -0.439 e. The van der Waals surface area contributed by atoms with Crippen LogP contribution in [0.2, 0.25) is 0 Å². The van der Waals surface area contributed by atoms with Crippen molar-refractivity contribution in [1.82, 2.24) is 9.97 Å². The SMILES string of the molecule is CCNc1cc(Oc2ccccc2)ncn1. The predicted octanol–water partition coefficient (Wildman–Crippen LogP) is 2.70. The highest BCUT2D eigenvalue weighted by molar-refractivity contribution is 5.38. The first kappa shape index (κ1) is 10.4. The Morgan fingerprint density at radius 3 is 2.75 bits per heavy atom. The van der Waals surface area contributed by atoms with Crippen LogP contribution in [0, 0.1) is 0 Å². The van der Waals surface area contributed by atoms with E-state index in [4.69, 9.17) is 4.74 Å². The zero-order valence-corrected chi connectivity index (χ0v) is 9.05. The number of nitrogens with zero attached hydrogens (tertiary/aromatic N) is 2. The van der Waals surface area contributed by atoms with Crippen LogP contribution in [0.1, 0.15) is 6.92 Å². The highest BCUT2D eigenvalue weighted by atomic mass is 16.5. The quantitative estimate of drug-likeness (QED) is 0.851. The molecule has 0 aliphatic heterocycles. The molecule has 0 unspecified atom stereocenters. The minimum absolute atomic E-state index is 0.539. The van der Waals surface area contributed by atoms with Gasteiger partial charge in [0.25, 0.3) is 0 Å². The van der Waals surface area contributed by atoms with Crippen LogP contribution in [0.5, 0.6) is 11.6 Å². The van der Waals surface area contributed by atoms with E-state index in [2.05, 4.69) is 15.3 Å². The number of nitrogens with one attached hydrogen (secondary N) is 1. The molecule has 82 valence electrons. The lowest BCUT2D eigenvalue weighted by atomic mass is 10.3. The van der Waals surface area contributed by atoms with Crippen LogP contribution in [0.4, 0.5) is 5.82 Å². The maximum Gasteiger partial charge on any atom is 0.224 e. The lowest BCUT2D eigenvalue weighted by Gasteiger charge is -2.06. The molecule has 0 fully saturated rings. The Morgan fingerprint density at radius 1 is 1.19 bits per heavy atom. The molecule has 0 saturated carbocycles. The van der Waals surface area contributed by atoms with Gasteiger partial charge in [0.1, 0.15) is 17.9 Å². The summed E-state index contributed by atoms with van der Waals surface area (Å²) in [5, 5.41) is 3.10.